The number of amides is 2. The van der Waals surface area contributed by atoms with Gasteiger partial charge in [-0.05, 0) is 47.5 Å². The third-order valence-electron chi connectivity index (χ3n) is 5.11. The Morgan fingerprint density at radius 3 is 2.47 bits per heavy atom. The van der Waals surface area contributed by atoms with Gasteiger partial charge in [0.15, 0.2) is 6.10 Å². The SMILES string of the molecule is COC(=O)c1cc(CNC(=O)C2Cc3ccccc3O2)cc(NC(=O)c2ccccc2)c1. The molecule has 2 N–H and O–H groups in total. The molecule has 0 aromatic heterocycles. The molecule has 1 heterocycles. The van der Waals surface area contributed by atoms with Crippen LogP contribution in [0.3, 0.4) is 0 Å². The topological polar surface area (TPSA) is 93.7 Å². The number of benzene rings is 3. The molecule has 3 aromatic carbocycles. The normalized spacial score (nSPS) is 14.1. The number of nitrogens with one attached hydrogen (secondary N) is 2. The van der Waals surface area contributed by atoms with Gasteiger partial charge in [0, 0.05) is 24.2 Å². The van der Waals surface area contributed by atoms with Crippen molar-refractivity contribution in [1.82, 2.24) is 5.32 Å². The summed E-state index contributed by atoms with van der Waals surface area (Å²) >= 11 is 0. The summed E-state index contributed by atoms with van der Waals surface area (Å²) in [5.74, 6) is -0.381. The van der Waals surface area contributed by atoms with Crippen molar-refractivity contribution in [1.29, 1.82) is 0 Å². The third kappa shape index (κ3) is 4.78. The fraction of sp³-hybridized carbons (Fsp3) is 0.160. The van der Waals surface area contributed by atoms with Crippen LogP contribution in [0.4, 0.5) is 5.69 Å². The minimum atomic E-state index is -0.603. The van der Waals surface area contributed by atoms with Crippen molar-refractivity contribution < 1.29 is 23.9 Å². The predicted octanol–water partition coefficient (Wildman–Crippen LogP) is 3.35. The molecule has 32 heavy (non-hydrogen) atoms. The van der Waals surface area contributed by atoms with Gasteiger partial charge < -0.3 is 20.1 Å². The van der Waals surface area contributed by atoms with Crippen molar-refractivity contribution in [3.63, 3.8) is 0 Å². The summed E-state index contributed by atoms with van der Waals surface area (Å²) in [4.78, 5) is 37.2. The van der Waals surface area contributed by atoms with Crippen molar-refractivity contribution in [3.8, 4) is 5.75 Å². The Kier molecular flexibility index (Phi) is 6.17. The molecule has 7 heteroatoms. The Morgan fingerprint density at radius 2 is 1.72 bits per heavy atom. The van der Waals surface area contributed by atoms with Gasteiger partial charge in [-0.2, -0.15) is 0 Å². The molecular weight excluding hydrogens is 408 g/mol. The van der Waals surface area contributed by atoms with E-state index < -0.39 is 12.1 Å². The monoisotopic (exact) mass is 430 g/mol. The number of anilines is 1. The third-order valence-corrected chi connectivity index (χ3v) is 5.11. The zero-order valence-corrected chi connectivity index (χ0v) is 17.5. The Bertz CT molecular complexity index is 1140. The van der Waals surface area contributed by atoms with E-state index in [1.807, 2.05) is 30.3 Å². The molecule has 1 aliphatic rings. The van der Waals surface area contributed by atoms with E-state index in [0.29, 0.717) is 29.0 Å². The lowest BCUT2D eigenvalue weighted by Gasteiger charge is -2.13. The van der Waals surface area contributed by atoms with Crippen LogP contribution in [0, 0.1) is 0 Å². The zero-order chi connectivity index (χ0) is 22.5. The predicted molar refractivity (Wildman–Crippen MR) is 119 cm³/mol. The Hall–Kier alpha value is -4.13. The fourth-order valence-corrected chi connectivity index (χ4v) is 3.53. The molecule has 0 saturated heterocycles. The molecule has 1 atom stereocenters. The highest BCUT2D eigenvalue weighted by Crippen LogP contribution is 2.28. The van der Waals surface area contributed by atoms with Crippen LogP contribution in [0.5, 0.6) is 5.75 Å². The van der Waals surface area contributed by atoms with Crippen molar-refractivity contribution in [3.05, 3.63) is 95.1 Å². The lowest BCUT2D eigenvalue weighted by molar-refractivity contribution is -0.127. The minimum absolute atomic E-state index is 0.161. The van der Waals surface area contributed by atoms with Gasteiger partial charge in [0.25, 0.3) is 11.8 Å². The van der Waals surface area contributed by atoms with E-state index in [9.17, 15) is 14.4 Å². The molecule has 0 spiro atoms. The molecule has 2 amide bonds. The molecule has 0 saturated carbocycles. The van der Waals surface area contributed by atoms with E-state index >= 15 is 0 Å². The first kappa shape index (κ1) is 21.1. The van der Waals surface area contributed by atoms with Crippen LogP contribution in [-0.2, 0) is 22.5 Å². The Balaban J connectivity index is 1.46. The summed E-state index contributed by atoms with van der Waals surface area (Å²) in [5, 5.41) is 5.63. The number of hydrogen-bond acceptors (Lipinski definition) is 5. The largest absolute Gasteiger partial charge is 0.480 e. The van der Waals surface area contributed by atoms with Crippen molar-refractivity contribution in [2.45, 2.75) is 19.1 Å². The van der Waals surface area contributed by atoms with Crippen LogP contribution in [0.15, 0.2) is 72.8 Å². The summed E-state index contributed by atoms with van der Waals surface area (Å²) in [6.07, 6.45) is -0.101. The van der Waals surface area contributed by atoms with E-state index in [1.165, 1.54) is 13.2 Å². The van der Waals surface area contributed by atoms with Crippen LogP contribution in [0.2, 0.25) is 0 Å². The van der Waals surface area contributed by atoms with E-state index in [0.717, 1.165) is 5.56 Å². The van der Waals surface area contributed by atoms with Gasteiger partial charge in [0.05, 0.1) is 12.7 Å². The fourth-order valence-electron chi connectivity index (χ4n) is 3.53. The second kappa shape index (κ2) is 9.34. The van der Waals surface area contributed by atoms with Crippen LogP contribution in [-0.4, -0.2) is 31.0 Å². The molecule has 0 fully saturated rings. The lowest BCUT2D eigenvalue weighted by Crippen LogP contribution is -2.37. The van der Waals surface area contributed by atoms with Crippen molar-refractivity contribution in [2.75, 3.05) is 12.4 Å². The molecule has 162 valence electrons. The maximum atomic E-state index is 12.6. The van der Waals surface area contributed by atoms with Crippen molar-refractivity contribution >= 4 is 23.5 Å². The van der Waals surface area contributed by atoms with Gasteiger partial charge in [0.1, 0.15) is 5.75 Å². The van der Waals surface area contributed by atoms with Gasteiger partial charge in [-0.3, -0.25) is 9.59 Å². The molecular formula is C25H22N2O5. The second-order valence-corrected chi connectivity index (χ2v) is 7.37. The number of esters is 1. The molecule has 0 aliphatic carbocycles. The van der Waals surface area contributed by atoms with Gasteiger partial charge >= 0.3 is 5.97 Å². The molecule has 3 aromatic rings. The number of carbonyl (C=O) groups is 3. The van der Waals surface area contributed by atoms with E-state index in [4.69, 9.17) is 9.47 Å². The quantitative estimate of drug-likeness (QED) is 0.585. The van der Waals surface area contributed by atoms with Gasteiger partial charge in [0.2, 0.25) is 0 Å². The first-order valence-corrected chi connectivity index (χ1v) is 10.1. The first-order chi connectivity index (χ1) is 15.5. The number of fused-ring (bicyclic) bond motifs is 1. The highest BCUT2D eigenvalue weighted by Gasteiger charge is 2.28. The van der Waals surface area contributed by atoms with E-state index in [-0.39, 0.29) is 23.9 Å². The summed E-state index contributed by atoms with van der Waals surface area (Å²) in [7, 11) is 1.29. The van der Waals surface area contributed by atoms with Crippen LogP contribution < -0.4 is 15.4 Å². The number of hydrogen-bond donors (Lipinski definition) is 2. The molecule has 0 radical (unpaired) electrons. The lowest BCUT2D eigenvalue weighted by atomic mass is 10.1. The van der Waals surface area contributed by atoms with E-state index in [2.05, 4.69) is 10.6 Å². The van der Waals surface area contributed by atoms with Gasteiger partial charge in [-0.25, -0.2) is 4.79 Å². The molecule has 7 nitrogen and oxygen atoms in total. The number of rotatable bonds is 6. The summed E-state index contributed by atoms with van der Waals surface area (Å²) < 4.78 is 10.5. The van der Waals surface area contributed by atoms with E-state index in [1.54, 1.807) is 36.4 Å². The average molecular weight is 430 g/mol. The van der Waals surface area contributed by atoms with Crippen LogP contribution in [0.25, 0.3) is 0 Å². The number of ether oxygens (including phenoxy) is 2. The second-order valence-electron chi connectivity index (χ2n) is 7.37. The number of methoxy groups -OCH3 is 1. The van der Waals surface area contributed by atoms with Crippen LogP contribution >= 0.6 is 0 Å². The molecule has 0 bridgehead atoms. The summed E-state index contributed by atoms with van der Waals surface area (Å²) in [6.45, 7) is 0.161. The number of carbonyl (C=O) groups excluding carboxylic acids is 3. The van der Waals surface area contributed by atoms with Gasteiger partial charge in [-0.15, -0.1) is 0 Å². The first-order valence-electron chi connectivity index (χ1n) is 10.1. The summed E-state index contributed by atoms with van der Waals surface area (Å²) in [6, 6.07) is 21.2. The smallest absolute Gasteiger partial charge is 0.337 e. The Labute approximate surface area is 185 Å². The molecule has 1 aliphatic heterocycles. The number of para-hydroxylation sites is 1. The highest BCUT2D eigenvalue weighted by molar-refractivity contribution is 6.05. The van der Waals surface area contributed by atoms with Gasteiger partial charge in [-0.1, -0.05) is 36.4 Å². The Morgan fingerprint density at radius 1 is 0.969 bits per heavy atom. The van der Waals surface area contributed by atoms with Crippen LogP contribution in [0.1, 0.15) is 31.8 Å². The molecule has 1 unspecified atom stereocenters. The minimum Gasteiger partial charge on any atom is -0.480 e. The maximum absolute atomic E-state index is 12.6. The molecule has 4 rings (SSSR count). The van der Waals surface area contributed by atoms with Crippen molar-refractivity contribution in [2.24, 2.45) is 0 Å². The standard InChI is InChI=1S/C25H22N2O5/c1-31-25(30)19-11-16(12-20(13-19)27-23(28)17-7-3-2-4-8-17)15-26-24(29)22-14-18-9-5-6-10-21(18)32-22/h2-13,22H,14-15H2,1H3,(H,26,29)(H,27,28). The highest BCUT2D eigenvalue weighted by atomic mass is 16.5. The zero-order valence-electron chi connectivity index (χ0n) is 17.5. The average Bonchev–Trinajstić information content (AvgIpc) is 3.27. The summed E-state index contributed by atoms with van der Waals surface area (Å²) in [5.41, 5.74) is 2.82. The maximum Gasteiger partial charge on any atom is 0.337 e.